The second-order valence-corrected chi connectivity index (χ2v) is 15.6. The maximum absolute atomic E-state index is 14.8. The van der Waals surface area contributed by atoms with Crippen LogP contribution in [0.2, 0.25) is 0 Å². The molecule has 1 saturated carbocycles. The molecular weight excluding hydrogens is 616 g/mol. The fourth-order valence-electron chi connectivity index (χ4n) is 8.82. The third-order valence-electron chi connectivity index (χ3n) is 11.2. The van der Waals surface area contributed by atoms with Crippen LogP contribution in [0.15, 0.2) is 41.2 Å². The molecule has 4 unspecified atom stereocenters. The third-order valence-corrected chi connectivity index (χ3v) is 11.2. The molecule has 1 aromatic rings. The van der Waals surface area contributed by atoms with E-state index in [2.05, 4.69) is 6.08 Å². The monoisotopic (exact) mass is 660 g/mol. The predicted octanol–water partition coefficient (Wildman–Crippen LogP) is 5.99. The van der Waals surface area contributed by atoms with E-state index in [-0.39, 0.29) is 57.5 Å². The summed E-state index contributed by atoms with van der Waals surface area (Å²) in [6, 6.07) is 0. The number of aromatic hydroxyl groups is 1. The molecule has 0 aromatic heterocycles. The van der Waals surface area contributed by atoms with Crippen LogP contribution >= 0.6 is 0 Å². The molecule has 1 aromatic carbocycles. The molecule has 2 saturated heterocycles. The number of benzene rings is 1. The average Bonchev–Trinajstić information content (AvgIpc) is 3.60. The number of aliphatic hydroxyl groups excluding tert-OH is 1. The fourth-order valence-corrected chi connectivity index (χ4v) is 8.82. The molecule has 48 heavy (non-hydrogen) atoms. The highest BCUT2D eigenvalue weighted by atomic mass is 16.6. The second-order valence-electron chi connectivity index (χ2n) is 15.6. The number of carbonyl (C=O) groups excluding carboxylic acids is 3. The summed E-state index contributed by atoms with van der Waals surface area (Å²) >= 11 is 0. The van der Waals surface area contributed by atoms with Gasteiger partial charge in [-0.2, -0.15) is 0 Å². The van der Waals surface area contributed by atoms with Gasteiger partial charge in [0.1, 0.15) is 46.4 Å². The van der Waals surface area contributed by atoms with Crippen LogP contribution in [0, 0.1) is 11.8 Å². The first kappa shape index (κ1) is 32.8. The summed E-state index contributed by atoms with van der Waals surface area (Å²) in [6.45, 7) is 15.4. The molecule has 2 N–H and O–H groups in total. The minimum atomic E-state index is -1.66. The molecule has 0 radical (unpaired) electrons. The number of phenols is 1. The highest BCUT2D eigenvalue weighted by Crippen LogP contribution is 2.69. The highest BCUT2D eigenvalue weighted by molar-refractivity contribution is 6.19. The Morgan fingerprint density at radius 1 is 1.06 bits per heavy atom. The maximum atomic E-state index is 14.8. The average molecular weight is 661 g/mol. The highest BCUT2D eigenvalue weighted by Gasteiger charge is 2.81. The Morgan fingerprint density at radius 2 is 1.77 bits per heavy atom. The summed E-state index contributed by atoms with van der Waals surface area (Å²) in [6.07, 6.45) is 8.76. The van der Waals surface area contributed by atoms with Crippen molar-refractivity contribution in [1.29, 1.82) is 0 Å². The normalized spacial score (nSPS) is 35.0. The molecule has 3 fully saturated rings. The van der Waals surface area contributed by atoms with Crippen molar-refractivity contribution in [2.24, 2.45) is 11.8 Å². The molecule has 7 atom stereocenters. The minimum Gasteiger partial charge on any atom is -0.506 e. The van der Waals surface area contributed by atoms with Gasteiger partial charge in [-0.05, 0) is 92.9 Å². The van der Waals surface area contributed by atoms with E-state index in [1.54, 1.807) is 25.2 Å². The number of fused-ring (bicyclic) bond motifs is 2. The number of Topliss-reactive ketones (excluding diaryl/α,β-unsaturated/α-hetero) is 2. The first-order valence-corrected chi connectivity index (χ1v) is 16.7. The Hall–Kier alpha value is -3.73. The van der Waals surface area contributed by atoms with E-state index in [0.29, 0.717) is 19.3 Å². The minimum absolute atomic E-state index is 0.0306. The van der Waals surface area contributed by atoms with Gasteiger partial charge in [0.05, 0.1) is 22.3 Å². The Morgan fingerprint density at radius 3 is 2.42 bits per heavy atom. The van der Waals surface area contributed by atoms with Crippen molar-refractivity contribution in [3.8, 4) is 17.2 Å². The quantitative estimate of drug-likeness (QED) is 0.141. The summed E-state index contributed by atoms with van der Waals surface area (Å²) < 4.78 is 31.5. The number of ether oxygens (including phenoxy) is 5. The summed E-state index contributed by atoms with van der Waals surface area (Å²) in [5.41, 5.74) is -3.84. The van der Waals surface area contributed by atoms with Crippen LogP contribution in [0.25, 0.3) is 6.08 Å². The SMILES string of the molecule is CC(C)=CCC[C@]1(C)C=Cc2c(O)c3c(c(C(O)C4OC4(C)C)c2O1)O[C@]12C(=CC4CC1C(C)(C)O[C@@]2(C/C=C(/C)OC=O)C4=O)C3=O. The lowest BCUT2D eigenvalue weighted by molar-refractivity contribution is -0.171. The zero-order valence-corrected chi connectivity index (χ0v) is 28.8. The van der Waals surface area contributed by atoms with Crippen molar-refractivity contribution in [2.45, 2.75) is 121 Å². The van der Waals surface area contributed by atoms with Gasteiger partial charge in [0.25, 0.3) is 6.47 Å². The van der Waals surface area contributed by atoms with Gasteiger partial charge in [0, 0.05) is 23.8 Å². The Kier molecular flexibility index (Phi) is 7.10. The molecule has 256 valence electrons. The van der Waals surface area contributed by atoms with E-state index in [1.807, 2.05) is 54.5 Å². The number of rotatable bonds is 9. The van der Waals surface area contributed by atoms with Crippen molar-refractivity contribution < 1.29 is 48.3 Å². The van der Waals surface area contributed by atoms with Crippen molar-refractivity contribution in [2.75, 3.05) is 0 Å². The van der Waals surface area contributed by atoms with Crippen LogP contribution in [0.4, 0.5) is 0 Å². The van der Waals surface area contributed by atoms with Crippen LogP contribution in [0.5, 0.6) is 17.2 Å². The molecule has 4 heterocycles. The van der Waals surface area contributed by atoms with Crippen LogP contribution in [-0.2, 0) is 23.8 Å². The van der Waals surface area contributed by atoms with Crippen LogP contribution in [0.1, 0.15) is 109 Å². The van der Waals surface area contributed by atoms with Crippen molar-refractivity contribution >= 4 is 24.1 Å². The Bertz CT molecular complexity index is 1770. The molecule has 8 rings (SSSR count). The van der Waals surface area contributed by atoms with Gasteiger partial charge in [-0.25, -0.2) is 0 Å². The third kappa shape index (κ3) is 4.38. The molecule has 4 aliphatic heterocycles. The standard InChI is InChI=1S/C38H44O10/c1-19(2)10-9-13-36(8)14-12-22-27(40)25-28(41)23-16-21-17-24-34(4,5)48-37(32(21)43,15-11-20(3)44-18-39)38(23,24)46-31(25)26(30(22)45-36)29(42)33-35(6,7)47-33/h10-12,14,16,18,21,24,29,33,40,42H,9,13,15,17H2,1-8H3/b20-11-/t21?,24?,29?,33?,36-,37+,38-/m1/s1. The predicted molar refractivity (Wildman–Crippen MR) is 175 cm³/mol. The number of hydrogen-bond acceptors (Lipinski definition) is 10. The van der Waals surface area contributed by atoms with Crippen LogP contribution in [-0.4, -0.2) is 62.4 Å². The molecule has 0 amide bonds. The summed E-state index contributed by atoms with van der Waals surface area (Å²) in [7, 11) is 0. The molecule has 7 aliphatic rings. The molecule has 10 nitrogen and oxygen atoms in total. The molecule has 3 aliphatic carbocycles. The zero-order valence-electron chi connectivity index (χ0n) is 28.8. The number of phenolic OH excluding ortho intramolecular Hbond substituents is 1. The molecule has 1 spiro atoms. The Balaban J connectivity index is 1.46. The van der Waals surface area contributed by atoms with Gasteiger partial charge in [-0.3, -0.25) is 14.4 Å². The van der Waals surface area contributed by atoms with Crippen molar-refractivity contribution in [3.63, 3.8) is 0 Å². The number of epoxide rings is 1. The topological polar surface area (TPSA) is 141 Å². The second kappa shape index (κ2) is 10.4. The van der Waals surface area contributed by atoms with E-state index in [4.69, 9.17) is 23.7 Å². The van der Waals surface area contributed by atoms with Gasteiger partial charge in [0.2, 0.25) is 0 Å². The zero-order chi connectivity index (χ0) is 34.8. The first-order chi connectivity index (χ1) is 22.4. The molecule has 10 heteroatoms. The van der Waals surface area contributed by atoms with Crippen LogP contribution < -0.4 is 9.47 Å². The fraction of sp³-hybridized carbons (Fsp3) is 0.553. The largest absolute Gasteiger partial charge is 0.506 e. The van der Waals surface area contributed by atoms with E-state index in [1.165, 1.54) is 5.57 Å². The number of hydrogen-bond donors (Lipinski definition) is 2. The van der Waals surface area contributed by atoms with Gasteiger partial charge in [0.15, 0.2) is 22.8 Å². The molecule has 4 bridgehead atoms. The van der Waals surface area contributed by atoms with Crippen LogP contribution in [0.3, 0.4) is 0 Å². The smallest absolute Gasteiger partial charge is 0.298 e. The van der Waals surface area contributed by atoms with E-state index < -0.39 is 57.8 Å². The lowest BCUT2D eigenvalue weighted by Crippen LogP contribution is -2.72. The molecular formula is C38H44O10. The summed E-state index contributed by atoms with van der Waals surface area (Å²) in [4.78, 5) is 40.3. The number of carbonyl (C=O) groups is 3. The maximum Gasteiger partial charge on any atom is 0.298 e. The van der Waals surface area contributed by atoms with E-state index in [9.17, 15) is 24.6 Å². The lowest BCUT2D eigenvalue weighted by Gasteiger charge is -2.56. The van der Waals surface area contributed by atoms with E-state index in [0.717, 1.165) is 6.42 Å². The first-order valence-electron chi connectivity index (χ1n) is 16.7. The summed E-state index contributed by atoms with van der Waals surface area (Å²) in [5, 5.41) is 23.9. The lowest BCUT2D eigenvalue weighted by atomic mass is 9.51. The van der Waals surface area contributed by atoms with Crippen molar-refractivity contribution in [3.05, 3.63) is 57.9 Å². The Labute approximate surface area is 280 Å². The van der Waals surface area contributed by atoms with Crippen molar-refractivity contribution in [1.82, 2.24) is 0 Å². The van der Waals surface area contributed by atoms with Gasteiger partial charge < -0.3 is 33.9 Å². The van der Waals surface area contributed by atoms with Gasteiger partial charge >= 0.3 is 0 Å². The number of aliphatic hydroxyl groups is 1. The number of allylic oxidation sites excluding steroid dienone is 4. The van der Waals surface area contributed by atoms with Gasteiger partial charge in [-0.15, -0.1) is 0 Å². The summed E-state index contributed by atoms with van der Waals surface area (Å²) in [5.74, 6) is -1.67. The van der Waals surface area contributed by atoms with E-state index >= 15 is 0 Å². The number of ketones is 2. The van der Waals surface area contributed by atoms with Gasteiger partial charge in [-0.1, -0.05) is 17.7 Å².